The first-order chi connectivity index (χ1) is 11.5. The zero-order chi connectivity index (χ0) is 17.1. The SMILES string of the molecule is Cc1ccc(Cl)cc1NC(=O)C(=O)Nc1cccc2ccccc12. The molecular formula is C19H15ClN2O2. The molecule has 0 fully saturated rings. The lowest BCUT2D eigenvalue weighted by atomic mass is 10.1. The van der Waals surface area contributed by atoms with Crippen LogP contribution in [0.25, 0.3) is 10.8 Å². The maximum atomic E-state index is 12.2. The first-order valence-corrected chi connectivity index (χ1v) is 7.78. The van der Waals surface area contributed by atoms with Gasteiger partial charge in [-0.25, -0.2) is 0 Å². The minimum Gasteiger partial charge on any atom is -0.317 e. The fourth-order valence-electron chi connectivity index (χ4n) is 2.42. The standard InChI is InChI=1S/C19H15ClN2O2/c1-12-9-10-14(20)11-17(12)22-19(24)18(23)21-16-8-4-6-13-5-2-3-7-15(13)16/h2-11H,1H3,(H,21,23)(H,22,24). The molecule has 0 spiro atoms. The van der Waals surface area contributed by atoms with Gasteiger partial charge < -0.3 is 10.6 Å². The van der Waals surface area contributed by atoms with E-state index in [2.05, 4.69) is 10.6 Å². The molecule has 0 atom stereocenters. The number of aryl methyl sites for hydroxylation is 1. The summed E-state index contributed by atoms with van der Waals surface area (Å²) in [5, 5.41) is 7.59. The Bertz CT molecular complexity index is 932. The molecule has 3 aromatic carbocycles. The summed E-state index contributed by atoms with van der Waals surface area (Å²) in [6, 6.07) is 18.3. The Morgan fingerprint density at radius 2 is 1.50 bits per heavy atom. The van der Waals surface area contributed by atoms with Crippen molar-refractivity contribution < 1.29 is 9.59 Å². The molecule has 0 unspecified atom stereocenters. The topological polar surface area (TPSA) is 58.2 Å². The van der Waals surface area contributed by atoms with Gasteiger partial charge in [0.05, 0.1) is 0 Å². The Hall–Kier alpha value is -2.85. The fraction of sp³-hybridized carbons (Fsp3) is 0.0526. The van der Waals surface area contributed by atoms with Gasteiger partial charge >= 0.3 is 11.8 Å². The quantitative estimate of drug-likeness (QED) is 0.681. The second kappa shape index (κ2) is 6.72. The van der Waals surface area contributed by atoms with E-state index in [9.17, 15) is 9.59 Å². The Morgan fingerprint density at radius 1 is 0.833 bits per heavy atom. The van der Waals surface area contributed by atoms with E-state index in [4.69, 9.17) is 11.6 Å². The summed E-state index contributed by atoms with van der Waals surface area (Å²) >= 11 is 5.92. The lowest BCUT2D eigenvalue weighted by molar-refractivity contribution is -0.132. The second-order valence-corrected chi connectivity index (χ2v) is 5.83. The molecule has 0 heterocycles. The molecule has 0 aliphatic carbocycles. The maximum Gasteiger partial charge on any atom is 0.314 e. The number of nitrogens with one attached hydrogen (secondary N) is 2. The van der Waals surface area contributed by atoms with Gasteiger partial charge in [0.15, 0.2) is 0 Å². The molecule has 0 aliphatic heterocycles. The molecule has 3 aromatic rings. The second-order valence-electron chi connectivity index (χ2n) is 5.39. The Labute approximate surface area is 144 Å². The summed E-state index contributed by atoms with van der Waals surface area (Å²) < 4.78 is 0. The van der Waals surface area contributed by atoms with Crippen LogP contribution in [0, 0.1) is 6.92 Å². The highest BCUT2D eigenvalue weighted by Gasteiger charge is 2.16. The summed E-state index contributed by atoms with van der Waals surface area (Å²) in [4.78, 5) is 24.4. The minimum absolute atomic E-state index is 0.491. The molecule has 24 heavy (non-hydrogen) atoms. The summed E-state index contributed by atoms with van der Waals surface area (Å²) in [5.74, 6) is -1.47. The average Bonchev–Trinajstić information content (AvgIpc) is 2.58. The molecule has 2 N–H and O–H groups in total. The number of hydrogen-bond acceptors (Lipinski definition) is 2. The molecule has 3 rings (SSSR count). The third-order valence-corrected chi connectivity index (χ3v) is 3.93. The van der Waals surface area contributed by atoms with Crippen molar-refractivity contribution in [3.63, 3.8) is 0 Å². The minimum atomic E-state index is -0.742. The van der Waals surface area contributed by atoms with Crippen LogP contribution < -0.4 is 10.6 Å². The van der Waals surface area contributed by atoms with Gasteiger partial charge in [-0.05, 0) is 36.1 Å². The normalized spacial score (nSPS) is 10.4. The van der Waals surface area contributed by atoms with Crippen molar-refractivity contribution in [1.29, 1.82) is 0 Å². The Kier molecular flexibility index (Phi) is 4.49. The predicted octanol–water partition coefficient (Wildman–Crippen LogP) is 4.38. The molecule has 0 aromatic heterocycles. The number of carbonyl (C=O) groups excluding carboxylic acids is 2. The van der Waals surface area contributed by atoms with Crippen molar-refractivity contribution in [2.45, 2.75) is 6.92 Å². The molecule has 5 heteroatoms. The number of fused-ring (bicyclic) bond motifs is 1. The van der Waals surface area contributed by atoms with Crippen LogP contribution in [-0.4, -0.2) is 11.8 Å². The van der Waals surface area contributed by atoms with Gasteiger partial charge in [0.2, 0.25) is 0 Å². The van der Waals surface area contributed by atoms with Gasteiger partial charge in [-0.15, -0.1) is 0 Å². The summed E-state index contributed by atoms with van der Waals surface area (Å²) in [6.45, 7) is 1.83. The van der Waals surface area contributed by atoms with Crippen molar-refractivity contribution in [3.8, 4) is 0 Å². The highest BCUT2D eigenvalue weighted by molar-refractivity contribution is 6.44. The van der Waals surface area contributed by atoms with Gasteiger partial charge in [-0.3, -0.25) is 9.59 Å². The van der Waals surface area contributed by atoms with E-state index >= 15 is 0 Å². The molecule has 120 valence electrons. The van der Waals surface area contributed by atoms with Gasteiger partial charge in [0.1, 0.15) is 0 Å². The van der Waals surface area contributed by atoms with E-state index in [1.165, 1.54) is 0 Å². The molecule has 0 aliphatic rings. The summed E-state index contributed by atoms with van der Waals surface area (Å²) in [5.41, 5.74) is 1.93. The maximum absolute atomic E-state index is 12.2. The van der Waals surface area contributed by atoms with E-state index in [1.54, 1.807) is 24.3 Å². The lowest BCUT2D eigenvalue weighted by Crippen LogP contribution is -2.29. The summed E-state index contributed by atoms with van der Waals surface area (Å²) in [6.07, 6.45) is 0. The van der Waals surface area contributed by atoms with Gasteiger partial charge in [-0.2, -0.15) is 0 Å². The van der Waals surface area contributed by atoms with Crippen LogP contribution >= 0.6 is 11.6 Å². The van der Waals surface area contributed by atoms with Crippen molar-refractivity contribution in [1.82, 2.24) is 0 Å². The van der Waals surface area contributed by atoms with Crippen molar-refractivity contribution in [2.75, 3.05) is 10.6 Å². The molecule has 0 saturated carbocycles. The number of hydrogen-bond donors (Lipinski definition) is 2. The smallest absolute Gasteiger partial charge is 0.314 e. The van der Waals surface area contributed by atoms with Crippen LogP contribution in [0.3, 0.4) is 0 Å². The highest BCUT2D eigenvalue weighted by atomic mass is 35.5. The zero-order valence-electron chi connectivity index (χ0n) is 13.0. The summed E-state index contributed by atoms with van der Waals surface area (Å²) in [7, 11) is 0. The molecule has 0 radical (unpaired) electrons. The zero-order valence-corrected chi connectivity index (χ0v) is 13.7. The molecule has 0 bridgehead atoms. The van der Waals surface area contributed by atoms with Crippen LogP contribution in [0.15, 0.2) is 60.7 Å². The Morgan fingerprint density at radius 3 is 2.29 bits per heavy atom. The van der Waals surface area contributed by atoms with E-state index in [-0.39, 0.29) is 0 Å². The van der Waals surface area contributed by atoms with E-state index in [0.29, 0.717) is 16.4 Å². The fourth-order valence-corrected chi connectivity index (χ4v) is 2.59. The van der Waals surface area contributed by atoms with Gasteiger partial charge in [0.25, 0.3) is 0 Å². The number of rotatable bonds is 2. The van der Waals surface area contributed by atoms with Gasteiger partial charge in [-0.1, -0.05) is 54.1 Å². The average molecular weight is 339 g/mol. The van der Waals surface area contributed by atoms with Crippen LogP contribution in [0.2, 0.25) is 5.02 Å². The predicted molar refractivity (Wildman–Crippen MR) is 97.4 cm³/mol. The van der Waals surface area contributed by atoms with E-state index in [0.717, 1.165) is 16.3 Å². The highest BCUT2D eigenvalue weighted by Crippen LogP contribution is 2.23. The third-order valence-electron chi connectivity index (χ3n) is 3.69. The van der Waals surface area contributed by atoms with Crippen LogP contribution in [0.4, 0.5) is 11.4 Å². The first-order valence-electron chi connectivity index (χ1n) is 7.41. The van der Waals surface area contributed by atoms with Crippen molar-refractivity contribution in [2.24, 2.45) is 0 Å². The van der Waals surface area contributed by atoms with E-state index < -0.39 is 11.8 Å². The van der Waals surface area contributed by atoms with E-state index in [1.807, 2.05) is 43.3 Å². The lowest BCUT2D eigenvalue weighted by Gasteiger charge is -2.10. The number of carbonyl (C=O) groups is 2. The number of amides is 2. The van der Waals surface area contributed by atoms with Crippen LogP contribution in [0.1, 0.15) is 5.56 Å². The van der Waals surface area contributed by atoms with Crippen molar-refractivity contribution in [3.05, 3.63) is 71.2 Å². The molecule has 4 nitrogen and oxygen atoms in total. The number of anilines is 2. The number of halogens is 1. The van der Waals surface area contributed by atoms with Crippen molar-refractivity contribution >= 4 is 45.6 Å². The molecular weight excluding hydrogens is 324 g/mol. The molecule has 2 amide bonds. The molecule has 0 saturated heterocycles. The van der Waals surface area contributed by atoms with Crippen LogP contribution in [0.5, 0.6) is 0 Å². The first kappa shape index (κ1) is 16.0. The third kappa shape index (κ3) is 3.39. The number of benzene rings is 3. The monoisotopic (exact) mass is 338 g/mol. The Balaban J connectivity index is 1.79. The largest absolute Gasteiger partial charge is 0.317 e. The van der Waals surface area contributed by atoms with Crippen LogP contribution in [-0.2, 0) is 9.59 Å². The van der Waals surface area contributed by atoms with Gasteiger partial charge in [0, 0.05) is 21.8 Å².